The molecule has 0 radical (unpaired) electrons. The largest absolute Gasteiger partial charge is 0.324 e. The third-order valence-electron chi connectivity index (χ3n) is 1.40. The zero-order chi connectivity index (χ0) is 9.14. The molecule has 1 unspecified atom stereocenters. The Balaban J connectivity index is 2.84. The second kappa shape index (κ2) is 3.66. The van der Waals surface area contributed by atoms with E-state index < -0.39 is 5.91 Å². The van der Waals surface area contributed by atoms with Crippen LogP contribution in [0.25, 0.3) is 0 Å². The van der Waals surface area contributed by atoms with Crippen LogP contribution in [0.2, 0.25) is 0 Å². The number of carbonyl (C=O) groups is 1. The van der Waals surface area contributed by atoms with Gasteiger partial charge >= 0.3 is 0 Å². The lowest BCUT2D eigenvalue weighted by Crippen LogP contribution is -2.16. The molecule has 0 spiro atoms. The molecule has 1 amide bonds. The summed E-state index contributed by atoms with van der Waals surface area (Å²) >= 11 is 1.28. The Kier molecular flexibility index (Phi) is 2.80. The van der Waals surface area contributed by atoms with Gasteiger partial charge in [-0.2, -0.15) is 0 Å². The van der Waals surface area contributed by atoms with E-state index in [1.165, 1.54) is 11.3 Å². The highest BCUT2D eigenvalue weighted by atomic mass is 32.1. The molecule has 4 N–H and O–H groups in total. The number of amides is 1. The van der Waals surface area contributed by atoms with Gasteiger partial charge in [-0.1, -0.05) is 0 Å². The molecule has 0 aliphatic heterocycles. The summed E-state index contributed by atoms with van der Waals surface area (Å²) < 4.78 is 0. The maximum atomic E-state index is 10.9. The number of hydroxylamine groups is 1. The highest BCUT2D eigenvalue weighted by Gasteiger charge is 2.09. The number of carbonyl (C=O) groups excluding carboxylic acids is 1. The first-order chi connectivity index (χ1) is 5.65. The minimum atomic E-state index is -0.494. The Morgan fingerprint density at radius 3 is 2.83 bits per heavy atom. The van der Waals surface area contributed by atoms with Crippen molar-refractivity contribution in [1.82, 2.24) is 5.48 Å². The molecule has 0 aromatic carbocycles. The van der Waals surface area contributed by atoms with Gasteiger partial charge in [-0.15, -0.1) is 11.3 Å². The van der Waals surface area contributed by atoms with Crippen molar-refractivity contribution in [3.05, 3.63) is 21.9 Å². The van der Waals surface area contributed by atoms with Crippen LogP contribution >= 0.6 is 11.3 Å². The molecule has 1 heterocycles. The lowest BCUT2D eigenvalue weighted by molar-refractivity contribution is 0.0711. The van der Waals surface area contributed by atoms with E-state index in [2.05, 4.69) is 0 Å². The highest BCUT2D eigenvalue weighted by Crippen LogP contribution is 2.21. The van der Waals surface area contributed by atoms with Gasteiger partial charge in [0.1, 0.15) is 0 Å². The quantitative estimate of drug-likeness (QED) is 0.474. The summed E-state index contributed by atoms with van der Waals surface area (Å²) in [5.41, 5.74) is 7.15. The van der Waals surface area contributed by atoms with Gasteiger partial charge in [0.2, 0.25) is 0 Å². The summed E-state index contributed by atoms with van der Waals surface area (Å²) in [6, 6.07) is 3.34. The average Bonchev–Trinajstić information content (AvgIpc) is 2.51. The number of nitrogens with two attached hydrogens (primary N) is 1. The number of nitrogens with one attached hydrogen (secondary N) is 1. The molecule has 1 aromatic rings. The molecule has 0 bridgehead atoms. The van der Waals surface area contributed by atoms with Gasteiger partial charge in [0.05, 0.1) is 4.88 Å². The minimum Gasteiger partial charge on any atom is -0.324 e. The second-order valence-corrected chi connectivity index (χ2v) is 3.55. The number of hydrogen-bond acceptors (Lipinski definition) is 4. The molecule has 0 fully saturated rings. The fourth-order valence-electron chi connectivity index (χ4n) is 0.775. The second-order valence-electron chi connectivity index (χ2n) is 2.43. The van der Waals surface area contributed by atoms with E-state index in [4.69, 9.17) is 10.9 Å². The van der Waals surface area contributed by atoms with Crippen molar-refractivity contribution in [3.63, 3.8) is 0 Å². The molecule has 1 rings (SSSR count). The summed E-state index contributed by atoms with van der Waals surface area (Å²) in [5.74, 6) is -0.494. The van der Waals surface area contributed by atoms with Crippen molar-refractivity contribution in [3.8, 4) is 0 Å². The molecular formula is C7H10N2O2S. The Hall–Kier alpha value is -0.910. The van der Waals surface area contributed by atoms with Crippen molar-refractivity contribution in [2.24, 2.45) is 5.73 Å². The average molecular weight is 186 g/mol. The van der Waals surface area contributed by atoms with Gasteiger partial charge in [-0.3, -0.25) is 10.0 Å². The van der Waals surface area contributed by atoms with E-state index >= 15 is 0 Å². The molecule has 0 saturated carbocycles. The Labute approximate surface area is 74.0 Å². The summed E-state index contributed by atoms with van der Waals surface area (Å²) in [7, 11) is 0. The smallest absolute Gasteiger partial charge is 0.284 e. The topological polar surface area (TPSA) is 75.4 Å². The van der Waals surface area contributed by atoms with Gasteiger partial charge < -0.3 is 5.73 Å². The predicted octanol–water partition coefficient (Wildman–Crippen LogP) is 0.887. The molecule has 5 heteroatoms. The summed E-state index contributed by atoms with van der Waals surface area (Å²) in [5, 5.41) is 8.31. The van der Waals surface area contributed by atoms with Crippen LogP contribution in [0, 0.1) is 0 Å². The van der Waals surface area contributed by atoms with E-state index in [0.717, 1.165) is 4.88 Å². The molecular weight excluding hydrogens is 176 g/mol. The highest BCUT2D eigenvalue weighted by molar-refractivity contribution is 7.14. The van der Waals surface area contributed by atoms with Crippen LogP contribution in [0.5, 0.6) is 0 Å². The first-order valence-electron chi connectivity index (χ1n) is 3.45. The first kappa shape index (κ1) is 9.18. The molecule has 1 aromatic heterocycles. The van der Waals surface area contributed by atoms with Crippen molar-refractivity contribution >= 4 is 17.2 Å². The van der Waals surface area contributed by atoms with Gasteiger partial charge in [0.25, 0.3) is 5.91 Å². The number of thiophene rings is 1. The van der Waals surface area contributed by atoms with Crippen LogP contribution in [0.4, 0.5) is 0 Å². The monoisotopic (exact) mass is 186 g/mol. The van der Waals surface area contributed by atoms with E-state index in [1.54, 1.807) is 17.6 Å². The fourth-order valence-corrected chi connectivity index (χ4v) is 1.63. The van der Waals surface area contributed by atoms with Gasteiger partial charge in [-0.05, 0) is 19.1 Å². The van der Waals surface area contributed by atoms with Gasteiger partial charge in [-0.25, -0.2) is 5.48 Å². The van der Waals surface area contributed by atoms with Crippen LogP contribution in [0.3, 0.4) is 0 Å². The molecule has 1 atom stereocenters. The number of rotatable bonds is 2. The van der Waals surface area contributed by atoms with Crippen molar-refractivity contribution in [2.75, 3.05) is 0 Å². The minimum absolute atomic E-state index is 0.0738. The zero-order valence-electron chi connectivity index (χ0n) is 6.57. The van der Waals surface area contributed by atoms with E-state index in [1.807, 2.05) is 6.92 Å². The third kappa shape index (κ3) is 1.82. The van der Waals surface area contributed by atoms with Crippen molar-refractivity contribution < 1.29 is 10.0 Å². The van der Waals surface area contributed by atoms with Gasteiger partial charge in [0, 0.05) is 10.9 Å². The Bertz CT molecular complexity index is 283. The Morgan fingerprint density at radius 1 is 1.75 bits per heavy atom. The lowest BCUT2D eigenvalue weighted by Gasteiger charge is -1.97. The van der Waals surface area contributed by atoms with E-state index in [9.17, 15) is 4.79 Å². The van der Waals surface area contributed by atoms with Crippen molar-refractivity contribution in [1.29, 1.82) is 0 Å². The maximum Gasteiger partial charge on any atom is 0.284 e. The fraction of sp³-hybridized carbons (Fsp3) is 0.286. The molecule has 4 nitrogen and oxygen atoms in total. The number of hydrogen-bond donors (Lipinski definition) is 3. The van der Waals surface area contributed by atoms with Crippen LogP contribution in [0.1, 0.15) is 27.5 Å². The van der Waals surface area contributed by atoms with E-state index in [-0.39, 0.29) is 6.04 Å². The van der Waals surface area contributed by atoms with Crippen LogP contribution in [0.15, 0.2) is 12.1 Å². The predicted molar refractivity (Wildman–Crippen MR) is 46.2 cm³/mol. The summed E-state index contributed by atoms with van der Waals surface area (Å²) in [6.07, 6.45) is 0. The zero-order valence-corrected chi connectivity index (χ0v) is 7.39. The summed E-state index contributed by atoms with van der Waals surface area (Å²) in [4.78, 5) is 12.2. The van der Waals surface area contributed by atoms with Crippen LogP contribution in [-0.4, -0.2) is 11.1 Å². The van der Waals surface area contributed by atoms with Gasteiger partial charge in [0.15, 0.2) is 0 Å². The first-order valence-corrected chi connectivity index (χ1v) is 4.26. The Morgan fingerprint density at radius 2 is 2.42 bits per heavy atom. The SMILES string of the molecule is CC(N)c1ccc(C(=O)NO)s1. The van der Waals surface area contributed by atoms with E-state index in [0.29, 0.717) is 4.88 Å². The van der Waals surface area contributed by atoms with Crippen LogP contribution < -0.4 is 11.2 Å². The lowest BCUT2D eigenvalue weighted by atomic mass is 10.3. The molecule has 0 saturated heterocycles. The third-order valence-corrected chi connectivity index (χ3v) is 2.69. The van der Waals surface area contributed by atoms with Crippen LogP contribution in [-0.2, 0) is 0 Å². The molecule has 0 aliphatic rings. The standard InChI is InChI=1S/C7H10N2O2S/c1-4(8)5-2-3-6(12-5)7(10)9-11/h2-4,11H,8H2,1H3,(H,9,10). The maximum absolute atomic E-state index is 10.9. The molecule has 0 aliphatic carbocycles. The molecule has 12 heavy (non-hydrogen) atoms. The van der Waals surface area contributed by atoms with Crippen molar-refractivity contribution in [2.45, 2.75) is 13.0 Å². The summed E-state index contributed by atoms with van der Waals surface area (Å²) in [6.45, 7) is 1.84. The molecule has 66 valence electrons. The normalized spacial score (nSPS) is 12.6.